The molecule has 0 aliphatic carbocycles. The van der Waals surface area contributed by atoms with E-state index < -0.39 is 14.6 Å². The highest BCUT2D eigenvalue weighted by atomic mass is 35.5. The summed E-state index contributed by atoms with van der Waals surface area (Å²) in [5.74, 6) is 0.854. The molecule has 0 atom stereocenters. The lowest BCUT2D eigenvalue weighted by Gasteiger charge is -2.24. The number of benzene rings is 1. The van der Waals surface area contributed by atoms with E-state index in [0.717, 1.165) is 11.0 Å². The lowest BCUT2D eigenvalue weighted by atomic mass is 10.2. The Balaban J connectivity index is 2.59. The summed E-state index contributed by atoms with van der Waals surface area (Å²) in [6, 6.07) is 5.34. The van der Waals surface area contributed by atoms with Crippen LogP contribution in [0.4, 0.5) is 0 Å². The highest BCUT2D eigenvalue weighted by molar-refractivity contribution is 7.92. The molecule has 110 valence electrons. The van der Waals surface area contributed by atoms with E-state index in [4.69, 9.17) is 23.2 Å². The molecule has 0 radical (unpaired) electrons. The molecule has 20 heavy (non-hydrogen) atoms. The van der Waals surface area contributed by atoms with E-state index in [1.807, 2.05) is 10.6 Å². The van der Waals surface area contributed by atoms with Gasteiger partial charge in [0.1, 0.15) is 5.82 Å². The normalized spacial score (nSPS) is 13.1. The molecule has 0 spiro atoms. The third-order valence-electron chi connectivity index (χ3n) is 3.45. The Bertz CT molecular complexity index is 751. The van der Waals surface area contributed by atoms with E-state index in [-0.39, 0.29) is 5.88 Å². The van der Waals surface area contributed by atoms with E-state index >= 15 is 0 Å². The van der Waals surface area contributed by atoms with Gasteiger partial charge in [-0.05, 0) is 32.0 Å². The monoisotopic (exact) mass is 334 g/mol. The van der Waals surface area contributed by atoms with Crippen LogP contribution < -0.4 is 0 Å². The lowest BCUT2D eigenvalue weighted by Crippen LogP contribution is -2.36. The van der Waals surface area contributed by atoms with Crippen molar-refractivity contribution in [2.75, 3.05) is 6.26 Å². The summed E-state index contributed by atoms with van der Waals surface area (Å²) in [4.78, 5) is 4.41. The van der Waals surface area contributed by atoms with Crippen LogP contribution in [0.2, 0.25) is 5.02 Å². The molecule has 0 saturated heterocycles. The van der Waals surface area contributed by atoms with Gasteiger partial charge in [-0.3, -0.25) is 0 Å². The van der Waals surface area contributed by atoms with Crippen molar-refractivity contribution >= 4 is 44.1 Å². The summed E-state index contributed by atoms with van der Waals surface area (Å²) < 4.78 is 24.7. The summed E-state index contributed by atoms with van der Waals surface area (Å²) in [7, 11) is -3.20. The molecule has 0 saturated carbocycles. The number of imidazole rings is 1. The molecule has 4 nitrogen and oxygen atoms in total. The van der Waals surface area contributed by atoms with Gasteiger partial charge in [0.15, 0.2) is 9.84 Å². The van der Waals surface area contributed by atoms with Crippen LogP contribution in [0.15, 0.2) is 18.2 Å². The van der Waals surface area contributed by atoms with E-state index in [0.29, 0.717) is 17.4 Å². The van der Waals surface area contributed by atoms with Crippen LogP contribution in [-0.4, -0.2) is 29.0 Å². The first-order valence-electron chi connectivity index (χ1n) is 6.06. The van der Waals surface area contributed by atoms with Crippen molar-refractivity contribution in [2.45, 2.75) is 31.0 Å². The summed E-state index contributed by atoms with van der Waals surface area (Å²) in [6.45, 7) is 3.69. The van der Waals surface area contributed by atoms with Gasteiger partial charge in [0.25, 0.3) is 0 Å². The summed E-state index contributed by atoms with van der Waals surface area (Å²) in [5.41, 5.74) is 1.55. The average Bonchev–Trinajstić information content (AvgIpc) is 2.64. The Kier molecular flexibility index (Phi) is 4.06. The van der Waals surface area contributed by atoms with E-state index in [1.165, 1.54) is 6.26 Å². The summed E-state index contributed by atoms with van der Waals surface area (Å²) in [6.07, 6.45) is 1.24. The fourth-order valence-electron chi connectivity index (χ4n) is 1.93. The van der Waals surface area contributed by atoms with Gasteiger partial charge in [0.05, 0.1) is 21.7 Å². The first-order chi connectivity index (χ1) is 9.15. The predicted molar refractivity (Wildman–Crippen MR) is 83.2 cm³/mol. The number of hydrogen-bond donors (Lipinski definition) is 0. The van der Waals surface area contributed by atoms with E-state index in [2.05, 4.69) is 4.98 Å². The van der Waals surface area contributed by atoms with Crippen molar-refractivity contribution in [3.63, 3.8) is 0 Å². The van der Waals surface area contributed by atoms with E-state index in [1.54, 1.807) is 26.0 Å². The van der Waals surface area contributed by atoms with Crippen LogP contribution in [-0.2, 0) is 22.3 Å². The van der Waals surface area contributed by atoms with Crippen LogP contribution in [0.3, 0.4) is 0 Å². The zero-order valence-electron chi connectivity index (χ0n) is 11.5. The minimum atomic E-state index is -3.20. The van der Waals surface area contributed by atoms with Gasteiger partial charge >= 0.3 is 0 Å². The topological polar surface area (TPSA) is 52.0 Å². The minimum Gasteiger partial charge on any atom is -0.325 e. The quantitative estimate of drug-likeness (QED) is 0.806. The molecule has 0 bridgehead atoms. The number of nitrogens with zero attached hydrogens (tertiary/aromatic N) is 2. The largest absolute Gasteiger partial charge is 0.325 e. The zero-order chi connectivity index (χ0) is 15.1. The van der Waals surface area contributed by atoms with Gasteiger partial charge < -0.3 is 4.57 Å². The van der Waals surface area contributed by atoms with Crippen molar-refractivity contribution in [2.24, 2.45) is 0 Å². The van der Waals surface area contributed by atoms with Crippen molar-refractivity contribution in [3.8, 4) is 0 Å². The maximum atomic E-state index is 11.9. The Hall–Kier alpha value is -0.780. The lowest BCUT2D eigenvalue weighted by molar-refractivity contribution is 0.503. The third kappa shape index (κ3) is 2.80. The molecule has 7 heteroatoms. The number of rotatable bonds is 4. The molecule has 0 unspecified atom stereocenters. The van der Waals surface area contributed by atoms with E-state index in [9.17, 15) is 8.42 Å². The van der Waals surface area contributed by atoms with Gasteiger partial charge in [-0.2, -0.15) is 0 Å². The second-order valence-corrected chi connectivity index (χ2v) is 8.77. The fraction of sp³-hybridized carbons (Fsp3) is 0.462. The first-order valence-corrected chi connectivity index (χ1v) is 8.86. The van der Waals surface area contributed by atoms with Gasteiger partial charge in [-0.1, -0.05) is 11.6 Å². The molecule has 1 aromatic carbocycles. The summed E-state index contributed by atoms with van der Waals surface area (Å²) in [5, 5.41) is 0.589. The maximum absolute atomic E-state index is 11.9. The number of fused-ring (bicyclic) bond motifs is 1. The zero-order valence-corrected chi connectivity index (χ0v) is 13.8. The second kappa shape index (κ2) is 5.20. The maximum Gasteiger partial charge on any atom is 0.154 e. The number of hydrogen-bond acceptors (Lipinski definition) is 3. The van der Waals surface area contributed by atoms with Gasteiger partial charge in [-0.15, -0.1) is 11.6 Å². The third-order valence-corrected chi connectivity index (χ3v) is 6.06. The number of halogens is 2. The molecule has 0 aliphatic heterocycles. The predicted octanol–water partition coefficient (Wildman–Crippen LogP) is 3.25. The number of alkyl halides is 1. The molecule has 1 aromatic heterocycles. The second-order valence-electron chi connectivity index (χ2n) is 5.41. The van der Waals surface area contributed by atoms with Crippen LogP contribution in [0.5, 0.6) is 0 Å². The van der Waals surface area contributed by atoms with Crippen molar-refractivity contribution < 1.29 is 8.42 Å². The molecule has 2 rings (SSSR count). The number of sulfone groups is 1. The molecular formula is C13H16Cl2N2O2S. The molecular weight excluding hydrogens is 319 g/mol. The molecule has 1 heterocycles. The van der Waals surface area contributed by atoms with Crippen LogP contribution in [0, 0.1) is 0 Å². The molecule has 0 fully saturated rings. The minimum absolute atomic E-state index is 0.214. The van der Waals surface area contributed by atoms with Crippen molar-refractivity contribution in [1.29, 1.82) is 0 Å². The Morgan fingerprint density at radius 1 is 1.35 bits per heavy atom. The molecule has 2 aromatic rings. The smallest absolute Gasteiger partial charge is 0.154 e. The first kappa shape index (κ1) is 15.6. The Morgan fingerprint density at radius 3 is 2.55 bits per heavy atom. The van der Waals surface area contributed by atoms with Crippen LogP contribution in [0.1, 0.15) is 19.7 Å². The summed E-state index contributed by atoms with van der Waals surface area (Å²) >= 11 is 11.9. The van der Waals surface area contributed by atoms with Crippen molar-refractivity contribution in [3.05, 3.63) is 29.0 Å². The van der Waals surface area contributed by atoms with Gasteiger partial charge in [0.2, 0.25) is 0 Å². The van der Waals surface area contributed by atoms with Gasteiger partial charge in [-0.25, -0.2) is 13.4 Å². The Labute approximate surface area is 128 Å². The fourth-order valence-corrected chi connectivity index (χ4v) is 2.66. The van der Waals surface area contributed by atoms with Crippen LogP contribution >= 0.6 is 23.2 Å². The Morgan fingerprint density at radius 2 is 2.00 bits per heavy atom. The molecule has 0 aliphatic rings. The van der Waals surface area contributed by atoms with Gasteiger partial charge in [0, 0.05) is 17.8 Å². The van der Waals surface area contributed by atoms with Crippen molar-refractivity contribution in [1.82, 2.24) is 9.55 Å². The molecule has 0 amide bonds. The highest BCUT2D eigenvalue weighted by Gasteiger charge is 2.32. The SMILES string of the molecule is CC(C)(Cn1c(CCl)nc2cc(Cl)ccc21)S(C)(=O)=O. The average molecular weight is 335 g/mol. The van der Waals surface area contributed by atoms with Crippen LogP contribution in [0.25, 0.3) is 11.0 Å². The molecule has 0 N–H and O–H groups in total. The highest BCUT2D eigenvalue weighted by Crippen LogP contribution is 2.26. The standard InChI is InChI=1S/C13H16Cl2N2O2S/c1-13(2,20(3,18)19)8-17-11-5-4-9(15)6-10(11)16-12(17)7-14/h4-6H,7-8H2,1-3H3. The number of aromatic nitrogens is 2.